The first-order chi connectivity index (χ1) is 11.5. The Balaban J connectivity index is 1.55. The summed E-state index contributed by atoms with van der Waals surface area (Å²) >= 11 is 0. The summed E-state index contributed by atoms with van der Waals surface area (Å²) in [7, 11) is 0. The number of carbonyl (C=O) groups is 1. The van der Waals surface area contributed by atoms with E-state index in [1.54, 1.807) is 6.20 Å². The van der Waals surface area contributed by atoms with Crippen LogP contribution in [0.5, 0.6) is 0 Å². The molecule has 2 N–H and O–H groups in total. The van der Waals surface area contributed by atoms with Crippen LogP contribution < -0.4 is 5.32 Å². The van der Waals surface area contributed by atoms with Crippen molar-refractivity contribution in [3.05, 3.63) is 41.9 Å². The highest BCUT2D eigenvalue weighted by Crippen LogP contribution is 2.39. The molecule has 1 aromatic carbocycles. The lowest BCUT2D eigenvalue weighted by Gasteiger charge is -2.28. The van der Waals surface area contributed by atoms with Gasteiger partial charge in [0.2, 0.25) is 5.91 Å². The topological polar surface area (TPSA) is 75.4 Å². The van der Waals surface area contributed by atoms with Crippen LogP contribution in [0.3, 0.4) is 0 Å². The molecular formula is C19H24N2O3. The lowest BCUT2D eigenvalue weighted by atomic mass is 9.96. The molecule has 2 aromatic rings. The van der Waals surface area contributed by atoms with Gasteiger partial charge in [-0.2, -0.15) is 0 Å². The molecule has 0 aliphatic heterocycles. The predicted molar refractivity (Wildman–Crippen MR) is 91.4 cm³/mol. The van der Waals surface area contributed by atoms with Crippen molar-refractivity contribution in [1.82, 2.24) is 10.3 Å². The summed E-state index contributed by atoms with van der Waals surface area (Å²) in [5.74, 6) is 1.58. The summed E-state index contributed by atoms with van der Waals surface area (Å²) in [6.07, 6.45) is 4.58. The zero-order valence-corrected chi connectivity index (χ0v) is 14.2. The van der Waals surface area contributed by atoms with E-state index in [0.717, 1.165) is 18.4 Å². The molecule has 128 valence electrons. The van der Waals surface area contributed by atoms with Gasteiger partial charge in [0, 0.05) is 18.4 Å². The van der Waals surface area contributed by atoms with E-state index in [-0.39, 0.29) is 12.5 Å². The third kappa shape index (κ3) is 3.85. The lowest BCUT2D eigenvalue weighted by molar-refractivity contribution is -0.123. The third-order valence-corrected chi connectivity index (χ3v) is 4.69. The van der Waals surface area contributed by atoms with Crippen LogP contribution in [0.25, 0.3) is 11.3 Å². The van der Waals surface area contributed by atoms with Gasteiger partial charge >= 0.3 is 0 Å². The van der Waals surface area contributed by atoms with Crippen LogP contribution in [0.4, 0.5) is 0 Å². The number of nitrogens with one attached hydrogen (secondary N) is 1. The van der Waals surface area contributed by atoms with Gasteiger partial charge in [0.1, 0.15) is 0 Å². The molecule has 1 aliphatic carbocycles. The molecule has 5 heteroatoms. The number of nitrogens with zero attached hydrogens (tertiary/aromatic N) is 1. The van der Waals surface area contributed by atoms with E-state index in [2.05, 4.69) is 10.3 Å². The summed E-state index contributed by atoms with van der Waals surface area (Å²) < 4.78 is 5.74. The van der Waals surface area contributed by atoms with Crippen LogP contribution in [0.2, 0.25) is 0 Å². The molecule has 1 saturated carbocycles. The third-order valence-electron chi connectivity index (χ3n) is 4.69. The van der Waals surface area contributed by atoms with E-state index < -0.39 is 5.54 Å². The molecule has 1 unspecified atom stereocenters. The second-order valence-electron chi connectivity index (χ2n) is 6.88. The first-order valence-corrected chi connectivity index (χ1v) is 8.44. The number of carbonyl (C=O) groups excluding carboxylic acids is 1. The number of aryl methyl sites for hydroxylation is 2. The Labute approximate surface area is 142 Å². The van der Waals surface area contributed by atoms with E-state index in [0.29, 0.717) is 30.4 Å². The standard InChI is InChI=1S/C19H24N2O3/c1-13-3-5-14(6-4-13)16-11-20-18(24-16)10-9-17(23)21-19(2,12-22)15-7-8-15/h3-6,11,15,22H,7-10,12H2,1-2H3,(H,21,23). The summed E-state index contributed by atoms with van der Waals surface area (Å²) in [6.45, 7) is 3.92. The van der Waals surface area contributed by atoms with Crippen LogP contribution in [-0.4, -0.2) is 28.1 Å². The van der Waals surface area contributed by atoms with Crippen molar-refractivity contribution in [3.8, 4) is 11.3 Å². The molecule has 0 radical (unpaired) electrons. The highest BCUT2D eigenvalue weighted by molar-refractivity contribution is 5.77. The van der Waals surface area contributed by atoms with Crippen LogP contribution in [0.1, 0.15) is 37.6 Å². The fourth-order valence-corrected chi connectivity index (χ4v) is 2.87. The molecule has 0 spiro atoms. The smallest absolute Gasteiger partial charge is 0.221 e. The van der Waals surface area contributed by atoms with Gasteiger partial charge in [0.05, 0.1) is 18.3 Å². The minimum atomic E-state index is -0.499. The first-order valence-electron chi connectivity index (χ1n) is 8.44. The zero-order valence-electron chi connectivity index (χ0n) is 14.2. The number of aliphatic hydroxyl groups excluding tert-OH is 1. The molecule has 3 rings (SSSR count). The van der Waals surface area contributed by atoms with Crippen LogP contribution in [-0.2, 0) is 11.2 Å². The van der Waals surface area contributed by atoms with Crippen molar-refractivity contribution < 1.29 is 14.3 Å². The number of amides is 1. The van der Waals surface area contributed by atoms with Gasteiger partial charge in [-0.05, 0) is 32.6 Å². The second-order valence-corrected chi connectivity index (χ2v) is 6.88. The minimum absolute atomic E-state index is 0.0278. The van der Waals surface area contributed by atoms with Gasteiger partial charge < -0.3 is 14.8 Å². The molecule has 1 aliphatic rings. The fourth-order valence-electron chi connectivity index (χ4n) is 2.87. The Kier molecular flexibility index (Phi) is 4.71. The molecule has 0 saturated heterocycles. The molecule has 0 bridgehead atoms. The van der Waals surface area contributed by atoms with E-state index in [1.807, 2.05) is 38.1 Å². The Bertz CT molecular complexity index is 704. The van der Waals surface area contributed by atoms with Gasteiger partial charge in [0.25, 0.3) is 0 Å². The van der Waals surface area contributed by atoms with Gasteiger partial charge in [-0.3, -0.25) is 4.79 Å². The number of aromatic nitrogens is 1. The van der Waals surface area contributed by atoms with Gasteiger partial charge in [0.15, 0.2) is 11.7 Å². The van der Waals surface area contributed by atoms with Crippen molar-refractivity contribution in [1.29, 1.82) is 0 Å². The van der Waals surface area contributed by atoms with Crippen LogP contribution in [0, 0.1) is 12.8 Å². The highest BCUT2D eigenvalue weighted by Gasteiger charge is 2.42. The number of oxazole rings is 1. The molecular weight excluding hydrogens is 304 g/mol. The van der Waals surface area contributed by atoms with Gasteiger partial charge in [-0.15, -0.1) is 0 Å². The minimum Gasteiger partial charge on any atom is -0.441 e. The molecule has 1 heterocycles. The molecule has 5 nitrogen and oxygen atoms in total. The highest BCUT2D eigenvalue weighted by atomic mass is 16.4. The Hall–Kier alpha value is -2.14. The van der Waals surface area contributed by atoms with Gasteiger partial charge in [-0.1, -0.05) is 29.8 Å². The van der Waals surface area contributed by atoms with E-state index in [4.69, 9.17) is 4.42 Å². The summed E-state index contributed by atoms with van der Waals surface area (Å²) in [4.78, 5) is 16.4. The lowest BCUT2D eigenvalue weighted by Crippen LogP contribution is -2.50. The second kappa shape index (κ2) is 6.77. The fraction of sp³-hybridized carbons (Fsp3) is 0.474. The van der Waals surface area contributed by atoms with Crippen molar-refractivity contribution >= 4 is 5.91 Å². The van der Waals surface area contributed by atoms with Crippen molar-refractivity contribution in [3.63, 3.8) is 0 Å². The first kappa shape index (κ1) is 16.7. The van der Waals surface area contributed by atoms with E-state index in [1.165, 1.54) is 5.56 Å². The maximum absolute atomic E-state index is 12.1. The predicted octanol–water partition coefficient (Wildman–Crippen LogP) is 2.86. The molecule has 1 aromatic heterocycles. The largest absolute Gasteiger partial charge is 0.441 e. The average Bonchev–Trinajstić information content (AvgIpc) is 3.33. The number of aliphatic hydroxyl groups is 1. The van der Waals surface area contributed by atoms with Crippen molar-refractivity contribution in [2.45, 2.75) is 45.1 Å². The number of rotatable bonds is 7. The van der Waals surface area contributed by atoms with Crippen molar-refractivity contribution in [2.75, 3.05) is 6.61 Å². The number of hydrogen-bond acceptors (Lipinski definition) is 4. The SMILES string of the molecule is Cc1ccc(-c2cnc(CCC(=O)NC(C)(CO)C3CC3)o2)cc1. The van der Waals surface area contributed by atoms with E-state index >= 15 is 0 Å². The maximum atomic E-state index is 12.1. The monoisotopic (exact) mass is 328 g/mol. The molecule has 1 amide bonds. The Morgan fingerprint density at radius 1 is 1.38 bits per heavy atom. The van der Waals surface area contributed by atoms with Crippen LogP contribution in [0.15, 0.2) is 34.9 Å². The molecule has 1 fully saturated rings. The van der Waals surface area contributed by atoms with Crippen molar-refractivity contribution in [2.24, 2.45) is 5.92 Å². The summed E-state index contributed by atoms with van der Waals surface area (Å²) in [6, 6.07) is 8.04. The molecule has 24 heavy (non-hydrogen) atoms. The summed E-state index contributed by atoms with van der Waals surface area (Å²) in [5.41, 5.74) is 1.67. The van der Waals surface area contributed by atoms with Crippen LogP contribution >= 0.6 is 0 Å². The average molecular weight is 328 g/mol. The van der Waals surface area contributed by atoms with Gasteiger partial charge in [-0.25, -0.2) is 4.98 Å². The normalized spacial score (nSPS) is 16.6. The number of benzene rings is 1. The maximum Gasteiger partial charge on any atom is 0.221 e. The Morgan fingerprint density at radius 3 is 2.71 bits per heavy atom. The number of hydrogen-bond donors (Lipinski definition) is 2. The van der Waals surface area contributed by atoms with E-state index in [9.17, 15) is 9.90 Å². The Morgan fingerprint density at radius 2 is 2.08 bits per heavy atom. The zero-order chi connectivity index (χ0) is 17.2. The molecule has 1 atom stereocenters. The quantitative estimate of drug-likeness (QED) is 0.819. The summed E-state index contributed by atoms with van der Waals surface area (Å²) in [5, 5.41) is 12.5.